The lowest BCUT2D eigenvalue weighted by atomic mass is 10.2. The first-order valence-corrected chi connectivity index (χ1v) is 9.77. The molecular weight excluding hydrogens is 456 g/mol. The fraction of sp³-hybridized carbons (Fsp3) is 0.100. The van der Waals surface area contributed by atoms with Crippen LogP contribution in [0.5, 0.6) is 5.88 Å². The summed E-state index contributed by atoms with van der Waals surface area (Å²) in [4.78, 5) is 30.6. The number of H-pyrrole nitrogens is 1. The SMILES string of the molecule is Cc1cc(-n2c(O)c(C=NC(=S)NCc3ccccc3)c(=O)[nH]c2=O)ccc1Br. The van der Waals surface area contributed by atoms with E-state index in [0.717, 1.165) is 26.4 Å². The van der Waals surface area contributed by atoms with E-state index in [4.69, 9.17) is 12.2 Å². The predicted octanol–water partition coefficient (Wildman–Crippen LogP) is 2.80. The number of nitrogens with zero attached hydrogens (tertiary/aromatic N) is 2. The van der Waals surface area contributed by atoms with Crippen molar-refractivity contribution in [2.75, 3.05) is 0 Å². The summed E-state index contributed by atoms with van der Waals surface area (Å²) in [6.07, 6.45) is 1.14. The number of aromatic hydroxyl groups is 1. The summed E-state index contributed by atoms with van der Waals surface area (Å²) in [6.45, 7) is 2.32. The van der Waals surface area contributed by atoms with Crippen LogP contribution in [0.3, 0.4) is 0 Å². The molecule has 0 unspecified atom stereocenters. The third kappa shape index (κ3) is 4.87. The van der Waals surface area contributed by atoms with Gasteiger partial charge in [-0.2, -0.15) is 0 Å². The van der Waals surface area contributed by atoms with Crippen LogP contribution in [0.25, 0.3) is 5.69 Å². The van der Waals surface area contributed by atoms with Crippen molar-refractivity contribution >= 4 is 39.5 Å². The van der Waals surface area contributed by atoms with Crippen molar-refractivity contribution < 1.29 is 5.11 Å². The Kier molecular flexibility index (Phi) is 6.40. The van der Waals surface area contributed by atoms with E-state index in [0.29, 0.717) is 12.2 Å². The van der Waals surface area contributed by atoms with Gasteiger partial charge in [0.2, 0.25) is 5.88 Å². The van der Waals surface area contributed by atoms with Gasteiger partial charge in [0.05, 0.1) is 5.69 Å². The van der Waals surface area contributed by atoms with Crippen molar-refractivity contribution in [3.63, 3.8) is 0 Å². The molecule has 0 bridgehead atoms. The molecule has 0 aliphatic heterocycles. The molecule has 0 aliphatic carbocycles. The van der Waals surface area contributed by atoms with Gasteiger partial charge >= 0.3 is 5.69 Å². The Labute approximate surface area is 179 Å². The summed E-state index contributed by atoms with van der Waals surface area (Å²) in [6, 6.07) is 14.7. The van der Waals surface area contributed by atoms with Crippen LogP contribution in [0.1, 0.15) is 16.7 Å². The molecule has 1 heterocycles. The Morgan fingerprint density at radius 2 is 2.00 bits per heavy atom. The van der Waals surface area contributed by atoms with Gasteiger partial charge in [-0.3, -0.25) is 9.78 Å². The molecule has 0 aliphatic rings. The van der Waals surface area contributed by atoms with Gasteiger partial charge < -0.3 is 10.4 Å². The molecular formula is C20H17BrN4O3S. The molecule has 3 rings (SSSR count). The summed E-state index contributed by atoms with van der Waals surface area (Å²) in [5.74, 6) is -0.518. The number of nitrogens with one attached hydrogen (secondary N) is 2. The molecule has 0 spiro atoms. The predicted molar refractivity (Wildman–Crippen MR) is 120 cm³/mol. The number of thiocarbonyl (C=S) groups is 1. The van der Waals surface area contributed by atoms with Gasteiger partial charge in [-0.05, 0) is 48.5 Å². The van der Waals surface area contributed by atoms with Gasteiger partial charge in [-0.25, -0.2) is 14.4 Å². The fourth-order valence-corrected chi connectivity index (χ4v) is 2.98. The average Bonchev–Trinajstić information content (AvgIpc) is 2.69. The van der Waals surface area contributed by atoms with Crippen LogP contribution >= 0.6 is 28.1 Å². The van der Waals surface area contributed by atoms with E-state index in [9.17, 15) is 14.7 Å². The van der Waals surface area contributed by atoms with Crippen LogP contribution in [-0.2, 0) is 6.54 Å². The third-order valence-corrected chi connectivity index (χ3v) is 5.26. The summed E-state index contributed by atoms with van der Waals surface area (Å²) in [5.41, 5.74) is 0.604. The van der Waals surface area contributed by atoms with Crippen molar-refractivity contribution in [3.8, 4) is 11.6 Å². The highest BCUT2D eigenvalue weighted by atomic mass is 79.9. The zero-order valence-electron chi connectivity index (χ0n) is 15.3. The third-order valence-electron chi connectivity index (χ3n) is 4.12. The lowest BCUT2D eigenvalue weighted by Crippen LogP contribution is -2.31. The largest absolute Gasteiger partial charge is 0.493 e. The molecule has 3 aromatic rings. The highest BCUT2D eigenvalue weighted by Gasteiger charge is 2.15. The normalized spacial score (nSPS) is 11.0. The molecule has 0 saturated carbocycles. The van der Waals surface area contributed by atoms with E-state index in [1.807, 2.05) is 37.3 Å². The molecule has 0 saturated heterocycles. The lowest BCUT2D eigenvalue weighted by Gasteiger charge is -2.11. The highest BCUT2D eigenvalue weighted by Crippen LogP contribution is 2.21. The van der Waals surface area contributed by atoms with Gasteiger partial charge in [0.15, 0.2) is 5.11 Å². The van der Waals surface area contributed by atoms with Gasteiger partial charge in [0.1, 0.15) is 5.56 Å². The standard InChI is InChI=1S/C20H17BrN4O3S/c1-12-9-14(7-8-16(12)21)25-18(27)15(17(26)24-20(25)28)11-23-19(29)22-10-13-5-3-2-4-6-13/h2-9,11,27H,10H2,1H3,(H,22,29)(H,24,26,28). The Balaban J connectivity index is 1.88. The molecule has 3 N–H and O–H groups in total. The summed E-state index contributed by atoms with van der Waals surface area (Å²) >= 11 is 8.53. The Morgan fingerprint density at radius 1 is 1.28 bits per heavy atom. The van der Waals surface area contributed by atoms with E-state index in [2.05, 4.69) is 31.2 Å². The number of benzene rings is 2. The Morgan fingerprint density at radius 3 is 2.69 bits per heavy atom. The summed E-state index contributed by atoms with van der Waals surface area (Å²) in [5, 5.41) is 13.7. The van der Waals surface area contributed by atoms with Crippen LogP contribution in [0, 0.1) is 6.92 Å². The second-order valence-electron chi connectivity index (χ2n) is 6.17. The van der Waals surface area contributed by atoms with E-state index in [-0.39, 0.29) is 10.7 Å². The maximum absolute atomic E-state index is 12.3. The van der Waals surface area contributed by atoms with E-state index in [1.165, 1.54) is 0 Å². The second kappa shape index (κ2) is 8.97. The molecule has 0 fully saturated rings. The average molecular weight is 473 g/mol. The topological polar surface area (TPSA) is 99.5 Å². The van der Waals surface area contributed by atoms with Crippen molar-refractivity contribution in [1.29, 1.82) is 0 Å². The number of rotatable bonds is 4. The molecule has 7 nitrogen and oxygen atoms in total. The van der Waals surface area contributed by atoms with Crippen LogP contribution < -0.4 is 16.6 Å². The molecule has 0 amide bonds. The fourth-order valence-electron chi connectivity index (χ4n) is 2.60. The summed E-state index contributed by atoms with van der Waals surface area (Å²) in [7, 11) is 0. The lowest BCUT2D eigenvalue weighted by molar-refractivity contribution is 0.430. The van der Waals surface area contributed by atoms with Crippen LogP contribution in [0.15, 0.2) is 67.6 Å². The Bertz CT molecular complexity index is 1200. The molecule has 1 aromatic heterocycles. The quantitative estimate of drug-likeness (QED) is 0.400. The molecule has 2 aromatic carbocycles. The van der Waals surface area contributed by atoms with Crippen molar-refractivity contribution in [2.45, 2.75) is 13.5 Å². The zero-order chi connectivity index (χ0) is 21.0. The minimum atomic E-state index is -0.757. The number of aryl methyl sites for hydroxylation is 1. The monoisotopic (exact) mass is 472 g/mol. The number of halogens is 1. The van der Waals surface area contributed by atoms with E-state index < -0.39 is 17.1 Å². The number of hydrogen-bond acceptors (Lipinski definition) is 4. The van der Waals surface area contributed by atoms with Crippen molar-refractivity contribution in [1.82, 2.24) is 14.9 Å². The molecule has 29 heavy (non-hydrogen) atoms. The van der Waals surface area contributed by atoms with Crippen LogP contribution in [0.4, 0.5) is 0 Å². The number of aliphatic imine (C=N–C) groups is 1. The van der Waals surface area contributed by atoms with Gasteiger partial charge in [-0.1, -0.05) is 46.3 Å². The first-order valence-electron chi connectivity index (χ1n) is 8.57. The minimum Gasteiger partial charge on any atom is -0.493 e. The van der Waals surface area contributed by atoms with Crippen LogP contribution in [0.2, 0.25) is 0 Å². The van der Waals surface area contributed by atoms with E-state index in [1.54, 1.807) is 18.2 Å². The van der Waals surface area contributed by atoms with Crippen LogP contribution in [-0.4, -0.2) is 26.0 Å². The number of aromatic amines is 1. The first kappa shape index (κ1) is 20.7. The molecule has 0 radical (unpaired) electrons. The van der Waals surface area contributed by atoms with Gasteiger partial charge in [0.25, 0.3) is 5.56 Å². The van der Waals surface area contributed by atoms with Gasteiger partial charge in [0, 0.05) is 17.2 Å². The van der Waals surface area contributed by atoms with Crippen molar-refractivity contribution in [3.05, 3.63) is 90.5 Å². The smallest absolute Gasteiger partial charge is 0.335 e. The molecule has 9 heteroatoms. The molecule has 148 valence electrons. The van der Waals surface area contributed by atoms with Gasteiger partial charge in [-0.15, -0.1) is 0 Å². The maximum atomic E-state index is 12.3. The van der Waals surface area contributed by atoms with Crippen molar-refractivity contribution in [2.24, 2.45) is 4.99 Å². The Hall–Kier alpha value is -3.04. The molecule has 0 atom stereocenters. The zero-order valence-corrected chi connectivity index (χ0v) is 17.8. The minimum absolute atomic E-state index is 0.143. The van der Waals surface area contributed by atoms with E-state index >= 15 is 0 Å². The number of aromatic nitrogens is 2. The maximum Gasteiger partial charge on any atom is 0.335 e. The number of hydrogen-bond donors (Lipinski definition) is 3. The highest BCUT2D eigenvalue weighted by molar-refractivity contribution is 9.10. The second-order valence-corrected chi connectivity index (χ2v) is 7.41. The first-order chi connectivity index (χ1) is 13.9. The summed E-state index contributed by atoms with van der Waals surface area (Å²) < 4.78 is 1.86.